The van der Waals surface area contributed by atoms with Gasteiger partial charge in [0.25, 0.3) is 5.91 Å². The van der Waals surface area contributed by atoms with Crippen LogP contribution in [0.1, 0.15) is 23.2 Å². The van der Waals surface area contributed by atoms with Gasteiger partial charge >= 0.3 is 0 Å². The topological polar surface area (TPSA) is 35.9 Å². The molecule has 0 aliphatic carbocycles. The third kappa shape index (κ3) is 2.31. The molecule has 2 aromatic rings. The summed E-state index contributed by atoms with van der Waals surface area (Å²) in [7, 11) is 2.01. The molecule has 2 aromatic carbocycles. The van der Waals surface area contributed by atoms with Gasteiger partial charge in [-0.05, 0) is 37.1 Å². The van der Waals surface area contributed by atoms with Gasteiger partial charge in [-0.2, -0.15) is 0 Å². The van der Waals surface area contributed by atoms with Crippen molar-refractivity contribution in [3.63, 3.8) is 0 Å². The van der Waals surface area contributed by atoms with Crippen LogP contribution in [0.15, 0.2) is 59.6 Å². The number of benzene rings is 2. The zero-order valence-corrected chi connectivity index (χ0v) is 13.1. The number of hydrogen-bond donors (Lipinski definition) is 0. The Kier molecular flexibility index (Phi) is 3.37. The fourth-order valence-corrected chi connectivity index (χ4v) is 3.51. The van der Waals surface area contributed by atoms with E-state index in [2.05, 4.69) is 4.90 Å². The number of aliphatic imine (C=N–C) groups is 1. The summed E-state index contributed by atoms with van der Waals surface area (Å²) in [4.78, 5) is 21.8. The molecule has 4 nitrogen and oxygen atoms in total. The number of rotatable bonds is 1. The van der Waals surface area contributed by atoms with Crippen LogP contribution >= 0.6 is 0 Å². The lowest BCUT2D eigenvalue weighted by Crippen LogP contribution is -2.43. The van der Waals surface area contributed by atoms with Crippen LogP contribution in [-0.4, -0.2) is 36.3 Å². The molecule has 0 radical (unpaired) electrons. The number of para-hydroxylation sites is 2. The lowest BCUT2D eigenvalue weighted by molar-refractivity contribution is 0.0773. The smallest absolute Gasteiger partial charge is 0.256 e. The minimum atomic E-state index is 0.0557. The van der Waals surface area contributed by atoms with E-state index >= 15 is 0 Å². The highest BCUT2D eigenvalue weighted by molar-refractivity contribution is 6.13. The van der Waals surface area contributed by atoms with Gasteiger partial charge in [-0.3, -0.25) is 4.79 Å². The van der Waals surface area contributed by atoms with Crippen LogP contribution < -0.4 is 4.90 Å². The van der Waals surface area contributed by atoms with Crippen LogP contribution in [0.2, 0.25) is 0 Å². The van der Waals surface area contributed by atoms with Crippen molar-refractivity contribution in [1.29, 1.82) is 0 Å². The van der Waals surface area contributed by atoms with Crippen molar-refractivity contribution in [3.05, 3.63) is 60.2 Å². The van der Waals surface area contributed by atoms with E-state index in [0.29, 0.717) is 0 Å². The molecule has 0 spiro atoms. The molecule has 23 heavy (non-hydrogen) atoms. The molecule has 4 heteroatoms. The van der Waals surface area contributed by atoms with Crippen LogP contribution in [0.25, 0.3) is 0 Å². The molecule has 1 fully saturated rings. The molecule has 1 unspecified atom stereocenters. The van der Waals surface area contributed by atoms with Gasteiger partial charge in [0.2, 0.25) is 0 Å². The summed E-state index contributed by atoms with van der Waals surface area (Å²) >= 11 is 0. The first-order valence-corrected chi connectivity index (χ1v) is 8.03. The second-order valence-electron chi connectivity index (χ2n) is 6.04. The Balaban J connectivity index is 1.88. The van der Waals surface area contributed by atoms with Crippen LogP contribution in [0, 0.1) is 0 Å². The Labute approximate surface area is 136 Å². The number of nitrogens with zero attached hydrogens (tertiary/aromatic N) is 3. The highest BCUT2D eigenvalue weighted by atomic mass is 16.2. The Morgan fingerprint density at radius 3 is 2.61 bits per heavy atom. The molecule has 0 bridgehead atoms. The second-order valence-corrected chi connectivity index (χ2v) is 6.04. The molecule has 116 valence electrons. The van der Waals surface area contributed by atoms with Crippen molar-refractivity contribution >= 4 is 23.1 Å². The molecule has 1 atom stereocenters. The van der Waals surface area contributed by atoms with Crippen molar-refractivity contribution in [3.8, 4) is 0 Å². The van der Waals surface area contributed by atoms with Gasteiger partial charge in [0, 0.05) is 13.6 Å². The quantitative estimate of drug-likeness (QED) is 0.809. The van der Waals surface area contributed by atoms with E-state index in [9.17, 15) is 4.79 Å². The van der Waals surface area contributed by atoms with E-state index in [0.717, 1.165) is 42.2 Å². The predicted octanol–water partition coefficient (Wildman–Crippen LogP) is 3.47. The first-order valence-electron chi connectivity index (χ1n) is 8.03. The van der Waals surface area contributed by atoms with Crippen LogP contribution in [0.4, 0.5) is 11.4 Å². The highest BCUT2D eigenvalue weighted by Gasteiger charge is 2.39. The van der Waals surface area contributed by atoms with Crippen molar-refractivity contribution in [2.24, 2.45) is 4.99 Å². The Bertz CT molecular complexity index is 769. The number of carbonyl (C=O) groups excluding carboxylic acids is 1. The fraction of sp³-hybridized carbons (Fsp3) is 0.263. The molecule has 2 heterocycles. The number of carbonyl (C=O) groups is 1. The average molecular weight is 305 g/mol. The van der Waals surface area contributed by atoms with Crippen molar-refractivity contribution in [1.82, 2.24) is 4.90 Å². The predicted molar refractivity (Wildman–Crippen MR) is 92.4 cm³/mol. The zero-order chi connectivity index (χ0) is 15.8. The maximum atomic E-state index is 12.9. The Morgan fingerprint density at radius 2 is 1.78 bits per heavy atom. The van der Waals surface area contributed by atoms with Crippen molar-refractivity contribution in [2.45, 2.75) is 18.9 Å². The molecular formula is C19H19N3O. The van der Waals surface area contributed by atoms with Gasteiger partial charge in [0.1, 0.15) is 5.84 Å². The SMILES string of the molecule is CN1C(=Nc2ccccc2)C2CCCN2C(=O)c2ccccc21. The summed E-state index contributed by atoms with van der Waals surface area (Å²) in [6.07, 6.45) is 2.00. The van der Waals surface area contributed by atoms with E-state index < -0.39 is 0 Å². The Hall–Kier alpha value is -2.62. The van der Waals surface area contributed by atoms with Gasteiger partial charge < -0.3 is 9.80 Å². The van der Waals surface area contributed by atoms with Crippen molar-refractivity contribution in [2.75, 3.05) is 18.5 Å². The molecular weight excluding hydrogens is 286 g/mol. The summed E-state index contributed by atoms with van der Waals surface area (Å²) in [5, 5.41) is 0. The van der Waals surface area contributed by atoms with Crippen LogP contribution in [0.5, 0.6) is 0 Å². The molecule has 0 saturated carbocycles. The largest absolute Gasteiger partial charge is 0.330 e. The third-order valence-electron chi connectivity index (χ3n) is 4.65. The van der Waals surface area contributed by atoms with Crippen LogP contribution in [0.3, 0.4) is 0 Å². The number of anilines is 1. The van der Waals surface area contributed by atoms with E-state index in [-0.39, 0.29) is 11.9 Å². The minimum absolute atomic E-state index is 0.0557. The maximum Gasteiger partial charge on any atom is 0.256 e. The summed E-state index contributed by atoms with van der Waals surface area (Å²) in [6, 6.07) is 17.8. The van der Waals surface area contributed by atoms with Gasteiger partial charge in [-0.25, -0.2) is 4.99 Å². The van der Waals surface area contributed by atoms with Gasteiger partial charge in [-0.15, -0.1) is 0 Å². The number of amidine groups is 1. The third-order valence-corrected chi connectivity index (χ3v) is 4.65. The number of likely N-dealkylation sites (N-methyl/N-ethyl adjacent to an activating group) is 1. The monoisotopic (exact) mass is 305 g/mol. The summed E-state index contributed by atoms with van der Waals surface area (Å²) in [5.74, 6) is 1.07. The molecule has 0 N–H and O–H groups in total. The lowest BCUT2D eigenvalue weighted by atomic mass is 10.1. The fourth-order valence-electron chi connectivity index (χ4n) is 3.51. The zero-order valence-electron chi connectivity index (χ0n) is 13.1. The average Bonchev–Trinajstić information content (AvgIpc) is 3.06. The molecule has 1 saturated heterocycles. The summed E-state index contributed by atoms with van der Waals surface area (Å²) in [6.45, 7) is 0.805. The molecule has 2 aliphatic heterocycles. The Morgan fingerprint density at radius 1 is 1.04 bits per heavy atom. The van der Waals surface area contributed by atoms with E-state index in [1.54, 1.807) is 0 Å². The lowest BCUT2D eigenvalue weighted by Gasteiger charge is -2.27. The van der Waals surface area contributed by atoms with Gasteiger partial charge in [-0.1, -0.05) is 30.3 Å². The molecule has 4 rings (SSSR count). The first kappa shape index (κ1) is 14.0. The standard InChI is InChI=1S/C19H19N3O/c1-21-16-11-6-5-10-15(16)19(23)22-13-7-12-17(22)18(21)20-14-8-3-2-4-9-14/h2-6,8-11,17H,7,12-13H2,1H3. The summed E-state index contributed by atoms with van der Waals surface area (Å²) in [5.41, 5.74) is 2.62. The molecule has 2 aliphatic rings. The molecule has 1 amide bonds. The number of amides is 1. The number of fused-ring (bicyclic) bond motifs is 2. The van der Waals surface area contributed by atoms with Gasteiger partial charge in [0.15, 0.2) is 0 Å². The first-order chi connectivity index (χ1) is 11.3. The molecule has 0 aromatic heterocycles. The van der Waals surface area contributed by atoms with Gasteiger partial charge in [0.05, 0.1) is 23.0 Å². The summed E-state index contributed by atoms with van der Waals surface area (Å²) < 4.78 is 0. The normalized spacial score (nSPS) is 22.0. The van der Waals surface area contributed by atoms with Crippen molar-refractivity contribution < 1.29 is 4.79 Å². The van der Waals surface area contributed by atoms with E-state index in [1.807, 2.05) is 66.5 Å². The maximum absolute atomic E-state index is 12.9. The van der Waals surface area contributed by atoms with E-state index in [4.69, 9.17) is 4.99 Å². The minimum Gasteiger partial charge on any atom is -0.330 e. The van der Waals surface area contributed by atoms with Crippen LogP contribution in [-0.2, 0) is 0 Å². The van der Waals surface area contributed by atoms with E-state index in [1.165, 1.54) is 0 Å². The number of hydrogen-bond acceptors (Lipinski definition) is 2. The second kappa shape index (κ2) is 5.54. The highest BCUT2D eigenvalue weighted by Crippen LogP contribution is 2.33.